The number of rotatable bonds is 3. The first-order valence-electron chi connectivity index (χ1n) is 8.75. The molecule has 0 saturated heterocycles. The van der Waals surface area contributed by atoms with Crippen LogP contribution in [-0.4, -0.2) is 18.2 Å². The standard InChI is InChI=1S/C22H20N2O3/c1-27-22(26)16-11-12-20-18(13-16)23-21(25)17-9-5-6-10-19(17)24(20)14-15-7-3-2-4-8-15/h2-13,21,23,25H,14H2,1H3. The van der Waals surface area contributed by atoms with Gasteiger partial charge in [0.15, 0.2) is 6.23 Å². The van der Waals surface area contributed by atoms with E-state index in [1.807, 2.05) is 48.5 Å². The fourth-order valence-electron chi connectivity index (χ4n) is 3.39. The number of fused-ring (bicyclic) bond motifs is 2. The summed E-state index contributed by atoms with van der Waals surface area (Å²) in [4.78, 5) is 14.1. The molecular formula is C22H20N2O3. The number of hydrogen-bond acceptors (Lipinski definition) is 5. The lowest BCUT2D eigenvalue weighted by atomic mass is 10.1. The zero-order valence-electron chi connectivity index (χ0n) is 14.9. The fourth-order valence-corrected chi connectivity index (χ4v) is 3.39. The van der Waals surface area contributed by atoms with Gasteiger partial charge in [0.25, 0.3) is 0 Å². The van der Waals surface area contributed by atoms with Crippen LogP contribution in [0.3, 0.4) is 0 Å². The van der Waals surface area contributed by atoms with Crippen LogP contribution >= 0.6 is 0 Å². The van der Waals surface area contributed by atoms with Crippen LogP contribution in [0.5, 0.6) is 0 Å². The number of methoxy groups -OCH3 is 1. The molecule has 1 aliphatic heterocycles. The maximum absolute atomic E-state index is 11.9. The van der Waals surface area contributed by atoms with Gasteiger partial charge in [0.2, 0.25) is 0 Å². The van der Waals surface area contributed by atoms with E-state index in [0.29, 0.717) is 17.8 Å². The van der Waals surface area contributed by atoms with Gasteiger partial charge in [-0.1, -0.05) is 48.5 Å². The number of hydrogen-bond donors (Lipinski definition) is 2. The second kappa shape index (κ2) is 7.13. The third-order valence-electron chi connectivity index (χ3n) is 4.71. The van der Waals surface area contributed by atoms with E-state index in [9.17, 15) is 9.90 Å². The molecule has 4 rings (SSSR count). The lowest BCUT2D eigenvalue weighted by molar-refractivity contribution is 0.0600. The Morgan fingerprint density at radius 1 is 1.04 bits per heavy atom. The molecule has 1 atom stereocenters. The Morgan fingerprint density at radius 2 is 1.78 bits per heavy atom. The minimum atomic E-state index is -0.881. The maximum atomic E-state index is 11.9. The van der Waals surface area contributed by atoms with Crippen molar-refractivity contribution in [2.45, 2.75) is 12.8 Å². The first kappa shape index (κ1) is 17.1. The molecule has 0 aliphatic carbocycles. The predicted octanol–water partition coefficient (Wildman–Crippen LogP) is 4.23. The fraction of sp³-hybridized carbons (Fsp3) is 0.136. The van der Waals surface area contributed by atoms with E-state index in [2.05, 4.69) is 22.3 Å². The number of carbonyl (C=O) groups is 1. The summed E-state index contributed by atoms with van der Waals surface area (Å²) in [6, 6.07) is 23.2. The average molecular weight is 360 g/mol. The van der Waals surface area contributed by atoms with E-state index in [0.717, 1.165) is 22.5 Å². The van der Waals surface area contributed by atoms with E-state index in [1.54, 1.807) is 12.1 Å². The lowest BCUT2D eigenvalue weighted by Gasteiger charge is -2.26. The van der Waals surface area contributed by atoms with Gasteiger partial charge in [0, 0.05) is 17.8 Å². The maximum Gasteiger partial charge on any atom is 0.337 e. The summed E-state index contributed by atoms with van der Waals surface area (Å²) in [6.45, 7) is 0.636. The van der Waals surface area contributed by atoms with Crippen molar-refractivity contribution in [1.29, 1.82) is 0 Å². The molecule has 0 aromatic heterocycles. The van der Waals surface area contributed by atoms with Gasteiger partial charge in [0.1, 0.15) is 0 Å². The SMILES string of the molecule is COC(=O)c1ccc2c(c1)NC(O)c1ccccc1N2Cc1ccccc1. The van der Waals surface area contributed by atoms with Crippen molar-refractivity contribution in [3.8, 4) is 0 Å². The smallest absolute Gasteiger partial charge is 0.337 e. The van der Waals surface area contributed by atoms with Gasteiger partial charge in [-0.3, -0.25) is 0 Å². The van der Waals surface area contributed by atoms with Gasteiger partial charge >= 0.3 is 5.97 Å². The largest absolute Gasteiger partial charge is 0.465 e. The Hall–Kier alpha value is -3.31. The Kier molecular flexibility index (Phi) is 4.52. The molecule has 5 nitrogen and oxygen atoms in total. The molecule has 0 radical (unpaired) electrons. The summed E-state index contributed by atoms with van der Waals surface area (Å²) in [6.07, 6.45) is -0.881. The van der Waals surface area contributed by atoms with Crippen LogP contribution in [0.15, 0.2) is 72.8 Å². The van der Waals surface area contributed by atoms with Crippen molar-refractivity contribution < 1.29 is 14.6 Å². The normalized spacial score (nSPS) is 15.2. The molecule has 0 bridgehead atoms. The Balaban J connectivity index is 1.85. The molecule has 3 aromatic rings. The van der Waals surface area contributed by atoms with E-state index in [-0.39, 0.29) is 0 Å². The second-order valence-corrected chi connectivity index (χ2v) is 6.40. The van der Waals surface area contributed by atoms with Gasteiger partial charge in [0.05, 0.1) is 24.0 Å². The third kappa shape index (κ3) is 3.25. The Bertz CT molecular complexity index is 972. The molecule has 1 heterocycles. The number of esters is 1. The summed E-state index contributed by atoms with van der Waals surface area (Å²) >= 11 is 0. The number of benzene rings is 3. The van der Waals surface area contributed by atoms with Gasteiger partial charge in [-0.25, -0.2) is 4.79 Å². The average Bonchev–Trinajstić information content (AvgIpc) is 2.83. The highest BCUT2D eigenvalue weighted by atomic mass is 16.5. The molecule has 136 valence electrons. The summed E-state index contributed by atoms with van der Waals surface area (Å²) in [5, 5.41) is 13.8. The Labute approximate surface area is 157 Å². The molecule has 3 aromatic carbocycles. The number of anilines is 3. The number of nitrogens with zero attached hydrogens (tertiary/aromatic N) is 1. The van der Waals surface area contributed by atoms with Gasteiger partial charge in [-0.15, -0.1) is 0 Å². The highest BCUT2D eigenvalue weighted by molar-refractivity contribution is 5.93. The molecule has 27 heavy (non-hydrogen) atoms. The van der Waals surface area contributed by atoms with Crippen LogP contribution in [0, 0.1) is 0 Å². The number of nitrogens with one attached hydrogen (secondary N) is 1. The summed E-state index contributed by atoms with van der Waals surface area (Å²) < 4.78 is 4.83. The van der Waals surface area contributed by atoms with Crippen molar-refractivity contribution >= 4 is 23.0 Å². The first-order valence-corrected chi connectivity index (χ1v) is 8.75. The summed E-state index contributed by atoms with van der Waals surface area (Å²) in [5.74, 6) is -0.412. The Morgan fingerprint density at radius 3 is 2.56 bits per heavy atom. The zero-order chi connectivity index (χ0) is 18.8. The van der Waals surface area contributed by atoms with Gasteiger partial charge < -0.3 is 20.1 Å². The van der Waals surface area contributed by atoms with Crippen LogP contribution in [0.1, 0.15) is 27.7 Å². The second-order valence-electron chi connectivity index (χ2n) is 6.40. The molecule has 0 saturated carbocycles. The highest BCUT2D eigenvalue weighted by Gasteiger charge is 2.26. The number of ether oxygens (including phenoxy) is 1. The van der Waals surface area contributed by atoms with Crippen molar-refractivity contribution in [2.75, 3.05) is 17.3 Å². The van der Waals surface area contributed by atoms with Crippen LogP contribution in [0.4, 0.5) is 17.1 Å². The molecule has 1 aliphatic rings. The molecule has 0 spiro atoms. The summed E-state index contributed by atoms with van der Waals surface area (Å²) in [7, 11) is 1.35. The van der Waals surface area contributed by atoms with E-state index >= 15 is 0 Å². The number of aliphatic hydroxyl groups is 1. The van der Waals surface area contributed by atoms with Crippen LogP contribution in [0.2, 0.25) is 0 Å². The lowest BCUT2D eigenvalue weighted by Crippen LogP contribution is -2.17. The number of carbonyl (C=O) groups excluding carboxylic acids is 1. The van der Waals surface area contributed by atoms with Gasteiger partial charge in [-0.2, -0.15) is 0 Å². The highest BCUT2D eigenvalue weighted by Crippen LogP contribution is 2.42. The third-order valence-corrected chi connectivity index (χ3v) is 4.71. The van der Waals surface area contributed by atoms with E-state index in [4.69, 9.17) is 4.74 Å². The molecule has 2 N–H and O–H groups in total. The topological polar surface area (TPSA) is 61.8 Å². The van der Waals surface area contributed by atoms with Crippen LogP contribution in [0.25, 0.3) is 0 Å². The van der Waals surface area contributed by atoms with E-state index < -0.39 is 12.2 Å². The molecule has 5 heteroatoms. The molecular weight excluding hydrogens is 340 g/mol. The number of para-hydroxylation sites is 1. The van der Waals surface area contributed by atoms with E-state index in [1.165, 1.54) is 7.11 Å². The molecule has 0 amide bonds. The zero-order valence-corrected chi connectivity index (χ0v) is 14.9. The van der Waals surface area contributed by atoms with Crippen molar-refractivity contribution in [1.82, 2.24) is 0 Å². The monoisotopic (exact) mass is 360 g/mol. The summed E-state index contributed by atoms with van der Waals surface area (Å²) in [5.41, 5.74) is 4.84. The van der Waals surface area contributed by atoms with Crippen LogP contribution in [-0.2, 0) is 11.3 Å². The van der Waals surface area contributed by atoms with Crippen molar-refractivity contribution in [3.63, 3.8) is 0 Å². The minimum absolute atomic E-state index is 0.412. The van der Waals surface area contributed by atoms with Gasteiger partial charge in [-0.05, 0) is 29.8 Å². The number of aliphatic hydroxyl groups excluding tert-OH is 1. The van der Waals surface area contributed by atoms with Crippen molar-refractivity contribution in [2.24, 2.45) is 0 Å². The molecule has 0 fully saturated rings. The minimum Gasteiger partial charge on any atom is -0.465 e. The first-order chi connectivity index (χ1) is 13.2. The molecule has 1 unspecified atom stereocenters. The van der Waals surface area contributed by atoms with Crippen molar-refractivity contribution in [3.05, 3.63) is 89.5 Å². The predicted molar refractivity (Wildman–Crippen MR) is 105 cm³/mol. The quantitative estimate of drug-likeness (QED) is 0.685. The van der Waals surface area contributed by atoms with Crippen LogP contribution < -0.4 is 10.2 Å².